The lowest BCUT2D eigenvalue weighted by Gasteiger charge is -2.26. The van der Waals surface area contributed by atoms with Gasteiger partial charge in [0.2, 0.25) is 5.91 Å². The molecule has 0 radical (unpaired) electrons. The van der Waals surface area contributed by atoms with Crippen LogP contribution in [0.4, 0.5) is 17.6 Å². The van der Waals surface area contributed by atoms with E-state index < -0.39 is 35.6 Å². The normalized spacial score (nSPS) is 14.8. The number of piperidine rings is 1. The molecule has 3 aromatic rings. The van der Waals surface area contributed by atoms with Gasteiger partial charge in [-0.2, -0.15) is 13.2 Å². The maximum Gasteiger partial charge on any atom is 0.419 e. The lowest BCUT2D eigenvalue weighted by molar-refractivity contribution is -0.140. The van der Waals surface area contributed by atoms with Gasteiger partial charge in [-0.25, -0.2) is 4.39 Å². The van der Waals surface area contributed by atoms with Crippen LogP contribution >= 0.6 is 0 Å². The standard InChI is InChI=1S/C27H32F4N4O3/c1-18(2)32-25(36)17-35-24(19-7-8-22(28)21(13-19)27(29,30)31)16-34-15-20(14-23(34)26(35)37)38-12-6-11-33-9-4-3-5-10-33/h7-8,13-16,18H,3-6,9-12,17H2,1-2H3,(H,32,36). The van der Waals surface area contributed by atoms with Crippen LogP contribution in [0.25, 0.3) is 16.8 Å². The van der Waals surface area contributed by atoms with Crippen molar-refractivity contribution in [1.29, 1.82) is 0 Å². The van der Waals surface area contributed by atoms with E-state index >= 15 is 0 Å². The fourth-order valence-corrected chi connectivity index (χ4v) is 4.72. The van der Waals surface area contributed by atoms with Crippen LogP contribution in [-0.4, -0.2) is 52.1 Å². The average Bonchev–Trinajstić information content (AvgIpc) is 3.26. The van der Waals surface area contributed by atoms with E-state index in [0.29, 0.717) is 24.5 Å². The summed E-state index contributed by atoms with van der Waals surface area (Å²) in [5, 5.41) is 2.68. The molecule has 206 valence electrons. The highest BCUT2D eigenvalue weighted by atomic mass is 19.4. The van der Waals surface area contributed by atoms with Crippen LogP contribution in [0.3, 0.4) is 0 Å². The first-order chi connectivity index (χ1) is 18.0. The van der Waals surface area contributed by atoms with Crippen molar-refractivity contribution in [3.63, 3.8) is 0 Å². The molecule has 0 aliphatic carbocycles. The van der Waals surface area contributed by atoms with E-state index in [9.17, 15) is 27.2 Å². The van der Waals surface area contributed by atoms with Gasteiger partial charge < -0.3 is 19.4 Å². The number of halogens is 4. The maximum atomic E-state index is 14.0. The van der Waals surface area contributed by atoms with E-state index in [1.165, 1.54) is 29.9 Å². The highest BCUT2D eigenvalue weighted by molar-refractivity contribution is 5.77. The molecule has 7 nitrogen and oxygen atoms in total. The number of fused-ring (bicyclic) bond motifs is 1. The van der Waals surface area contributed by atoms with E-state index in [1.54, 1.807) is 26.1 Å². The Kier molecular flexibility index (Phi) is 8.44. The van der Waals surface area contributed by atoms with E-state index in [0.717, 1.165) is 36.7 Å². The number of amides is 1. The van der Waals surface area contributed by atoms with Gasteiger partial charge in [0.05, 0.1) is 24.1 Å². The Labute approximate surface area is 218 Å². The van der Waals surface area contributed by atoms with Crippen LogP contribution in [0.15, 0.2) is 41.5 Å². The second-order valence-electron chi connectivity index (χ2n) is 9.89. The molecule has 4 rings (SSSR count). The van der Waals surface area contributed by atoms with Crippen molar-refractivity contribution in [1.82, 2.24) is 19.2 Å². The third-order valence-corrected chi connectivity index (χ3v) is 6.49. The molecule has 1 N–H and O–H groups in total. The number of rotatable bonds is 9. The van der Waals surface area contributed by atoms with Gasteiger partial charge in [-0.05, 0) is 64.4 Å². The zero-order valence-corrected chi connectivity index (χ0v) is 21.5. The predicted octanol–water partition coefficient (Wildman–Crippen LogP) is 4.71. The minimum Gasteiger partial charge on any atom is -0.492 e. The smallest absolute Gasteiger partial charge is 0.419 e. The fraction of sp³-hybridized carbons (Fsp3) is 0.481. The summed E-state index contributed by atoms with van der Waals surface area (Å²) >= 11 is 0. The van der Waals surface area contributed by atoms with Crippen LogP contribution in [0.5, 0.6) is 5.75 Å². The first-order valence-electron chi connectivity index (χ1n) is 12.8. The largest absolute Gasteiger partial charge is 0.492 e. The quantitative estimate of drug-likeness (QED) is 0.318. The Balaban J connectivity index is 1.66. The summed E-state index contributed by atoms with van der Waals surface area (Å²) in [6, 6.07) is 3.86. The van der Waals surface area contributed by atoms with Gasteiger partial charge in [-0.3, -0.25) is 14.2 Å². The number of carbonyl (C=O) groups excluding carboxylic acids is 1. The summed E-state index contributed by atoms with van der Waals surface area (Å²) in [5.74, 6) is -1.47. The van der Waals surface area contributed by atoms with Gasteiger partial charge in [0, 0.05) is 30.4 Å². The molecular weight excluding hydrogens is 504 g/mol. The number of nitrogens with zero attached hydrogens (tertiary/aromatic N) is 3. The summed E-state index contributed by atoms with van der Waals surface area (Å²) in [6.45, 7) is 6.62. The van der Waals surface area contributed by atoms with Crippen LogP contribution in [-0.2, 0) is 17.5 Å². The van der Waals surface area contributed by atoms with Crippen molar-refractivity contribution < 1.29 is 27.1 Å². The van der Waals surface area contributed by atoms with Gasteiger partial charge in [0.15, 0.2) is 0 Å². The van der Waals surface area contributed by atoms with E-state index in [-0.39, 0.29) is 22.8 Å². The van der Waals surface area contributed by atoms with Gasteiger partial charge in [-0.1, -0.05) is 6.42 Å². The minimum absolute atomic E-state index is 0.0409. The molecule has 1 aliphatic rings. The van der Waals surface area contributed by atoms with Crippen molar-refractivity contribution in [2.24, 2.45) is 0 Å². The van der Waals surface area contributed by atoms with Gasteiger partial charge in [-0.15, -0.1) is 0 Å². The van der Waals surface area contributed by atoms with Crippen molar-refractivity contribution in [3.8, 4) is 17.0 Å². The van der Waals surface area contributed by atoms with Crippen molar-refractivity contribution in [3.05, 3.63) is 58.4 Å². The Hall–Kier alpha value is -3.34. The first-order valence-corrected chi connectivity index (χ1v) is 12.8. The number of alkyl halides is 3. The number of aromatic nitrogens is 2. The lowest BCUT2D eigenvalue weighted by atomic mass is 10.1. The lowest BCUT2D eigenvalue weighted by Crippen LogP contribution is -2.37. The third kappa shape index (κ3) is 6.56. The Morgan fingerprint density at radius 1 is 1.11 bits per heavy atom. The van der Waals surface area contributed by atoms with Crippen LogP contribution in [0, 0.1) is 5.82 Å². The molecule has 3 heterocycles. The summed E-state index contributed by atoms with van der Waals surface area (Å²) < 4.78 is 62.6. The van der Waals surface area contributed by atoms with Gasteiger partial charge >= 0.3 is 6.18 Å². The van der Waals surface area contributed by atoms with Crippen molar-refractivity contribution in [2.45, 2.75) is 58.3 Å². The number of hydrogen-bond donors (Lipinski definition) is 1. The molecule has 1 fully saturated rings. The zero-order chi connectivity index (χ0) is 27.4. The molecule has 1 amide bonds. The average molecular weight is 537 g/mol. The number of likely N-dealkylation sites (tertiary alicyclic amines) is 1. The van der Waals surface area contributed by atoms with E-state index in [4.69, 9.17) is 4.74 Å². The Morgan fingerprint density at radius 3 is 2.53 bits per heavy atom. The van der Waals surface area contributed by atoms with Crippen molar-refractivity contribution in [2.75, 3.05) is 26.2 Å². The second kappa shape index (κ2) is 11.6. The molecule has 1 saturated heterocycles. The number of benzene rings is 1. The number of hydrogen-bond acceptors (Lipinski definition) is 4. The number of ether oxygens (including phenoxy) is 1. The Morgan fingerprint density at radius 2 is 1.84 bits per heavy atom. The van der Waals surface area contributed by atoms with Gasteiger partial charge in [0.1, 0.15) is 23.6 Å². The summed E-state index contributed by atoms with van der Waals surface area (Å²) in [5.41, 5.74) is -1.84. The molecule has 1 aromatic carbocycles. The highest BCUT2D eigenvalue weighted by Crippen LogP contribution is 2.34. The molecule has 0 saturated carbocycles. The second-order valence-corrected chi connectivity index (χ2v) is 9.89. The molecule has 0 bridgehead atoms. The summed E-state index contributed by atoms with van der Waals surface area (Å²) in [7, 11) is 0. The highest BCUT2D eigenvalue weighted by Gasteiger charge is 2.34. The van der Waals surface area contributed by atoms with Gasteiger partial charge in [0.25, 0.3) is 5.56 Å². The molecule has 38 heavy (non-hydrogen) atoms. The zero-order valence-electron chi connectivity index (χ0n) is 21.5. The molecule has 2 aromatic heterocycles. The molecule has 0 unspecified atom stereocenters. The van der Waals surface area contributed by atoms with Crippen molar-refractivity contribution >= 4 is 11.4 Å². The van der Waals surface area contributed by atoms with Crippen LogP contribution in [0.2, 0.25) is 0 Å². The maximum absolute atomic E-state index is 14.0. The SMILES string of the molecule is CC(C)NC(=O)Cn1c(-c2ccc(F)c(C(F)(F)F)c2)cn2cc(OCCCN3CCCCC3)cc2c1=O. The van der Waals surface area contributed by atoms with E-state index in [1.807, 2.05) is 0 Å². The number of carbonyl (C=O) groups is 1. The van der Waals surface area contributed by atoms with Crippen LogP contribution < -0.4 is 15.6 Å². The topological polar surface area (TPSA) is 68.0 Å². The predicted molar refractivity (Wildman–Crippen MR) is 136 cm³/mol. The van der Waals surface area contributed by atoms with E-state index in [2.05, 4.69) is 10.2 Å². The number of nitrogens with one attached hydrogen (secondary N) is 1. The molecule has 0 spiro atoms. The minimum atomic E-state index is -4.92. The fourth-order valence-electron chi connectivity index (χ4n) is 4.72. The Bertz CT molecular complexity index is 1340. The summed E-state index contributed by atoms with van der Waals surface area (Å²) in [4.78, 5) is 28.4. The molecule has 11 heteroatoms. The molecule has 1 aliphatic heterocycles. The monoisotopic (exact) mass is 536 g/mol. The first kappa shape index (κ1) is 27.7. The summed E-state index contributed by atoms with van der Waals surface area (Å²) in [6.07, 6.45) is 2.58. The molecule has 0 atom stereocenters. The third-order valence-electron chi connectivity index (χ3n) is 6.49. The molecular formula is C27H32F4N4O3. The van der Waals surface area contributed by atoms with Crippen LogP contribution in [0.1, 0.15) is 45.1 Å².